The van der Waals surface area contributed by atoms with Crippen molar-refractivity contribution in [3.05, 3.63) is 59.2 Å². The molecule has 1 amide bonds. The van der Waals surface area contributed by atoms with Gasteiger partial charge in [0.1, 0.15) is 0 Å². The van der Waals surface area contributed by atoms with E-state index in [-0.39, 0.29) is 18.1 Å². The molecule has 1 unspecified atom stereocenters. The molecule has 4 rings (SSSR count). The minimum Gasteiger partial charge on any atom is -0.493 e. The van der Waals surface area contributed by atoms with Crippen LogP contribution in [-0.2, 0) is 32.0 Å². The molecule has 0 saturated carbocycles. The lowest BCUT2D eigenvalue weighted by molar-refractivity contribution is -0.139. The summed E-state index contributed by atoms with van der Waals surface area (Å²) in [6.07, 6.45) is 6.22. The SMILES string of the molecule is COC(=O)/C=C/c1ccc(OC(=O)C2CC(=O)N(c3ccc4c(c3)CCC4)C2)c(OC)c1. The Hall–Kier alpha value is -3.61. The second-order valence-corrected chi connectivity index (χ2v) is 7.90. The number of esters is 2. The molecular formula is C25H25NO6. The van der Waals surface area contributed by atoms with Crippen molar-refractivity contribution in [3.8, 4) is 11.5 Å². The molecule has 7 heteroatoms. The van der Waals surface area contributed by atoms with E-state index in [2.05, 4.69) is 16.9 Å². The Morgan fingerprint density at radius 1 is 1.03 bits per heavy atom. The third-order valence-electron chi connectivity index (χ3n) is 5.86. The monoisotopic (exact) mass is 435 g/mol. The molecule has 1 saturated heterocycles. The maximum absolute atomic E-state index is 12.8. The van der Waals surface area contributed by atoms with E-state index in [1.54, 1.807) is 29.2 Å². The van der Waals surface area contributed by atoms with Crippen molar-refractivity contribution in [2.24, 2.45) is 5.92 Å². The zero-order chi connectivity index (χ0) is 22.7. The molecule has 2 aliphatic rings. The Bertz CT molecular complexity index is 1090. The number of hydrogen-bond donors (Lipinski definition) is 0. The van der Waals surface area contributed by atoms with Gasteiger partial charge in [0, 0.05) is 24.7 Å². The predicted molar refractivity (Wildman–Crippen MR) is 119 cm³/mol. The highest BCUT2D eigenvalue weighted by Crippen LogP contribution is 2.33. The molecule has 1 heterocycles. The number of fused-ring (bicyclic) bond motifs is 1. The molecule has 166 valence electrons. The smallest absolute Gasteiger partial charge is 0.330 e. The third-order valence-corrected chi connectivity index (χ3v) is 5.86. The molecule has 32 heavy (non-hydrogen) atoms. The second kappa shape index (κ2) is 9.26. The van der Waals surface area contributed by atoms with Crippen molar-refractivity contribution in [1.82, 2.24) is 0 Å². The fourth-order valence-electron chi connectivity index (χ4n) is 4.14. The van der Waals surface area contributed by atoms with Gasteiger partial charge in [0.15, 0.2) is 11.5 Å². The van der Waals surface area contributed by atoms with Gasteiger partial charge >= 0.3 is 11.9 Å². The molecule has 0 N–H and O–H groups in total. The van der Waals surface area contributed by atoms with E-state index < -0.39 is 17.9 Å². The average Bonchev–Trinajstić information content (AvgIpc) is 3.43. The largest absolute Gasteiger partial charge is 0.493 e. The molecule has 1 fully saturated rings. The third kappa shape index (κ3) is 4.51. The molecule has 7 nitrogen and oxygen atoms in total. The van der Waals surface area contributed by atoms with Gasteiger partial charge in [-0.25, -0.2) is 4.79 Å². The fraction of sp³-hybridized carbons (Fsp3) is 0.320. The number of anilines is 1. The molecule has 1 atom stereocenters. The van der Waals surface area contributed by atoms with Gasteiger partial charge in [0.05, 0.1) is 20.1 Å². The van der Waals surface area contributed by atoms with Crippen molar-refractivity contribution in [2.45, 2.75) is 25.7 Å². The lowest BCUT2D eigenvalue weighted by atomic mass is 10.1. The number of rotatable bonds is 6. The van der Waals surface area contributed by atoms with Crippen LogP contribution in [0, 0.1) is 5.92 Å². The van der Waals surface area contributed by atoms with E-state index in [0.29, 0.717) is 17.9 Å². The second-order valence-electron chi connectivity index (χ2n) is 7.90. The van der Waals surface area contributed by atoms with E-state index in [0.717, 1.165) is 24.9 Å². The number of ether oxygens (including phenoxy) is 3. The van der Waals surface area contributed by atoms with Gasteiger partial charge in [-0.1, -0.05) is 12.1 Å². The van der Waals surface area contributed by atoms with E-state index >= 15 is 0 Å². The minimum atomic E-state index is -0.556. The number of carbonyl (C=O) groups excluding carboxylic acids is 3. The van der Waals surface area contributed by atoms with Gasteiger partial charge in [-0.2, -0.15) is 0 Å². The molecule has 0 aromatic heterocycles. The van der Waals surface area contributed by atoms with E-state index in [1.165, 1.54) is 31.4 Å². The Morgan fingerprint density at radius 3 is 2.62 bits per heavy atom. The van der Waals surface area contributed by atoms with E-state index in [9.17, 15) is 14.4 Å². The first-order valence-corrected chi connectivity index (χ1v) is 10.6. The van der Waals surface area contributed by atoms with Crippen LogP contribution in [0.25, 0.3) is 6.08 Å². The highest BCUT2D eigenvalue weighted by Gasteiger charge is 2.37. The maximum Gasteiger partial charge on any atom is 0.330 e. The standard InChI is InChI=1S/C25H25NO6/c1-30-22-12-16(7-11-24(28)31-2)6-10-21(22)32-25(29)19-14-23(27)26(15-19)20-9-8-17-4-3-5-18(17)13-20/h6-13,19H,3-5,14-15H2,1-2H3/b11-7+. The number of methoxy groups -OCH3 is 2. The van der Waals surface area contributed by atoms with Gasteiger partial charge in [-0.05, 0) is 66.3 Å². The van der Waals surface area contributed by atoms with E-state index in [1.807, 2.05) is 6.07 Å². The predicted octanol–water partition coefficient (Wildman–Crippen LogP) is 3.33. The average molecular weight is 435 g/mol. The Balaban J connectivity index is 1.44. The Labute approximate surface area is 186 Å². The highest BCUT2D eigenvalue weighted by atomic mass is 16.6. The van der Waals surface area contributed by atoms with Crippen molar-refractivity contribution < 1.29 is 28.6 Å². The van der Waals surface area contributed by atoms with Crippen LogP contribution in [0.1, 0.15) is 29.5 Å². The minimum absolute atomic E-state index is 0.0832. The van der Waals surface area contributed by atoms with Crippen LogP contribution in [0.15, 0.2) is 42.5 Å². The fourth-order valence-corrected chi connectivity index (χ4v) is 4.14. The van der Waals surface area contributed by atoms with Crippen molar-refractivity contribution >= 4 is 29.6 Å². The Morgan fingerprint density at radius 2 is 1.84 bits per heavy atom. The van der Waals surface area contributed by atoms with Gasteiger partial charge < -0.3 is 19.1 Å². The zero-order valence-corrected chi connectivity index (χ0v) is 18.1. The zero-order valence-electron chi connectivity index (χ0n) is 18.1. The number of amides is 1. The quantitative estimate of drug-likeness (QED) is 0.393. The number of nitrogens with zero attached hydrogens (tertiary/aromatic N) is 1. The van der Waals surface area contributed by atoms with Crippen molar-refractivity contribution in [3.63, 3.8) is 0 Å². The first kappa shape index (κ1) is 21.6. The summed E-state index contributed by atoms with van der Waals surface area (Å²) >= 11 is 0. The molecule has 2 aromatic rings. The van der Waals surface area contributed by atoms with Gasteiger partial charge in [-0.3, -0.25) is 9.59 Å². The summed E-state index contributed by atoms with van der Waals surface area (Å²) in [5.74, 6) is -0.975. The number of aryl methyl sites for hydroxylation is 2. The summed E-state index contributed by atoms with van der Waals surface area (Å²) in [6, 6.07) is 11.1. The van der Waals surface area contributed by atoms with Crippen LogP contribution in [0.4, 0.5) is 5.69 Å². The normalized spacial score (nSPS) is 17.5. The van der Waals surface area contributed by atoms with E-state index in [4.69, 9.17) is 9.47 Å². The van der Waals surface area contributed by atoms with Crippen molar-refractivity contribution in [2.75, 3.05) is 25.7 Å². The van der Waals surface area contributed by atoms with Crippen LogP contribution in [0.2, 0.25) is 0 Å². The lowest BCUT2D eigenvalue weighted by Crippen LogP contribution is -2.27. The molecular weight excluding hydrogens is 410 g/mol. The number of carbonyl (C=O) groups is 3. The summed E-state index contributed by atoms with van der Waals surface area (Å²) in [6.45, 7) is 0.290. The van der Waals surface area contributed by atoms with Crippen LogP contribution >= 0.6 is 0 Å². The van der Waals surface area contributed by atoms with Crippen molar-refractivity contribution in [1.29, 1.82) is 0 Å². The first-order chi connectivity index (χ1) is 15.5. The summed E-state index contributed by atoms with van der Waals surface area (Å²) < 4.78 is 15.5. The molecule has 2 aromatic carbocycles. The molecule has 0 bridgehead atoms. The maximum atomic E-state index is 12.8. The van der Waals surface area contributed by atoms with Crippen LogP contribution < -0.4 is 14.4 Å². The van der Waals surface area contributed by atoms with Gasteiger partial charge in [0.2, 0.25) is 5.91 Å². The van der Waals surface area contributed by atoms with Crippen LogP contribution in [0.3, 0.4) is 0 Å². The summed E-state index contributed by atoms with van der Waals surface area (Å²) in [5.41, 5.74) is 4.15. The highest BCUT2D eigenvalue weighted by molar-refractivity contribution is 6.00. The van der Waals surface area contributed by atoms with Crippen LogP contribution in [0.5, 0.6) is 11.5 Å². The first-order valence-electron chi connectivity index (χ1n) is 10.6. The number of benzene rings is 2. The van der Waals surface area contributed by atoms with Gasteiger partial charge in [-0.15, -0.1) is 0 Å². The summed E-state index contributed by atoms with van der Waals surface area (Å²) in [7, 11) is 2.77. The molecule has 1 aliphatic heterocycles. The Kier molecular flexibility index (Phi) is 6.25. The molecule has 0 radical (unpaired) electrons. The summed E-state index contributed by atoms with van der Waals surface area (Å²) in [4.78, 5) is 38.3. The number of hydrogen-bond acceptors (Lipinski definition) is 6. The van der Waals surface area contributed by atoms with Crippen LogP contribution in [-0.4, -0.2) is 38.6 Å². The molecule has 1 aliphatic carbocycles. The lowest BCUT2D eigenvalue weighted by Gasteiger charge is -2.18. The molecule has 0 spiro atoms. The van der Waals surface area contributed by atoms with Gasteiger partial charge in [0.25, 0.3) is 0 Å². The summed E-state index contributed by atoms with van der Waals surface area (Å²) in [5, 5.41) is 0. The topological polar surface area (TPSA) is 82.1 Å².